The average Bonchev–Trinajstić information content (AvgIpc) is 2.15. The Balaban J connectivity index is 2.34. The molecule has 1 aliphatic heterocycles. The summed E-state index contributed by atoms with van der Waals surface area (Å²) in [5.41, 5.74) is -0.436. The minimum Gasteiger partial charge on any atom is -0.493 e. The largest absolute Gasteiger partial charge is 0.493 e. The van der Waals surface area contributed by atoms with Gasteiger partial charge in [-0.3, -0.25) is 0 Å². The second-order valence-corrected chi connectivity index (χ2v) is 5.50. The van der Waals surface area contributed by atoms with Gasteiger partial charge in [0.1, 0.15) is 17.2 Å². The first-order valence-electron chi connectivity index (χ1n) is 5.17. The number of alkyl halides is 1. The Hall–Kier alpha value is -0.640. The molecule has 88 valence electrons. The number of halogens is 3. The lowest BCUT2D eigenvalue weighted by Crippen LogP contribution is -2.35. The van der Waals surface area contributed by atoms with E-state index in [0.717, 1.165) is 5.56 Å². The van der Waals surface area contributed by atoms with Crippen LogP contribution in [0.2, 0.25) is 0 Å². The van der Waals surface area contributed by atoms with Crippen LogP contribution < -0.4 is 4.74 Å². The van der Waals surface area contributed by atoms with Gasteiger partial charge in [0.15, 0.2) is 0 Å². The Labute approximate surface area is 102 Å². The molecule has 1 unspecified atom stereocenters. The molecule has 0 spiro atoms. The summed E-state index contributed by atoms with van der Waals surface area (Å²) in [5.74, 6) is -0.0160. The fourth-order valence-corrected chi connectivity index (χ4v) is 2.42. The lowest BCUT2D eigenvalue weighted by Gasteiger charge is -2.32. The molecule has 4 heteroatoms. The topological polar surface area (TPSA) is 9.23 Å². The second kappa shape index (κ2) is 3.99. The molecular formula is C12H13BrF2O. The lowest BCUT2D eigenvalue weighted by atomic mass is 9.86. The van der Waals surface area contributed by atoms with Crippen LogP contribution in [0.5, 0.6) is 5.75 Å². The number of hydrogen-bond acceptors (Lipinski definition) is 1. The van der Waals surface area contributed by atoms with E-state index in [4.69, 9.17) is 4.74 Å². The highest BCUT2D eigenvalue weighted by Gasteiger charge is 2.34. The van der Waals surface area contributed by atoms with Crippen LogP contribution in [0.1, 0.15) is 19.4 Å². The Kier molecular flexibility index (Phi) is 2.95. The molecule has 0 fully saturated rings. The first-order chi connectivity index (χ1) is 7.38. The van der Waals surface area contributed by atoms with E-state index < -0.39 is 5.67 Å². The first-order valence-corrected chi connectivity index (χ1v) is 5.97. The standard InChI is InChI=1S/C12H13BrF2O/c1-12(2,15)7-3-9-10(13)4-8(14)5-11(9)16-6-7/h4-5,7H,3,6H2,1-2H3. The summed E-state index contributed by atoms with van der Waals surface area (Å²) in [4.78, 5) is 0. The van der Waals surface area contributed by atoms with Gasteiger partial charge < -0.3 is 4.74 Å². The van der Waals surface area contributed by atoms with Crippen LogP contribution in [0.3, 0.4) is 0 Å². The molecule has 1 atom stereocenters. The Morgan fingerprint density at radius 1 is 1.44 bits per heavy atom. The normalized spacial score (nSPS) is 20.2. The van der Waals surface area contributed by atoms with Crippen molar-refractivity contribution in [3.05, 3.63) is 28.0 Å². The van der Waals surface area contributed by atoms with Crippen molar-refractivity contribution in [2.75, 3.05) is 6.61 Å². The summed E-state index contributed by atoms with van der Waals surface area (Å²) in [5, 5.41) is 0. The molecule has 1 aromatic carbocycles. The van der Waals surface area contributed by atoms with Crippen LogP contribution >= 0.6 is 15.9 Å². The third-order valence-electron chi connectivity index (χ3n) is 2.98. The zero-order chi connectivity index (χ0) is 11.9. The summed E-state index contributed by atoms with van der Waals surface area (Å²) < 4.78 is 33.0. The van der Waals surface area contributed by atoms with Crippen molar-refractivity contribution in [3.8, 4) is 5.75 Å². The molecule has 1 aliphatic rings. The molecule has 2 rings (SSSR count). The minimum absolute atomic E-state index is 0.193. The van der Waals surface area contributed by atoms with Crippen LogP contribution in [-0.2, 0) is 6.42 Å². The van der Waals surface area contributed by atoms with Gasteiger partial charge in [-0.05, 0) is 26.3 Å². The molecule has 1 nitrogen and oxygen atoms in total. The smallest absolute Gasteiger partial charge is 0.128 e. The Morgan fingerprint density at radius 3 is 2.75 bits per heavy atom. The van der Waals surface area contributed by atoms with E-state index in [2.05, 4.69) is 15.9 Å². The quantitative estimate of drug-likeness (QED) is 0.763. The zero-order valence-electron chi connectivity index (χ0n) is 9.19. The van der Waals surface area contributed by atoms with Gasteiger partial charge >= 0.3 is 0 Å². The highest BCUT2D eigenvalue weighted by Crippen LogP contribution is 2.38. The molecule has 0 aromatic heterocycles. The van der Waals surface area contributed by atoms with Gasteiger partial charge in [-0.15, -0.1) is 0 Å². The number of ether oxygens (including phenoxy) is 1. The average molecular weight is 291 g/mol. The fraction of sp³-hybridized carbons (Fsp3) is 0.500. The van der Waals surface area contributed by atoms with Crippen LogP contribution in [-0.4, -0.2) is 12.3 Å². The monoisotopic (exact) mass is 290 g/mol. The van der Waals surface area contributed by atoms with E-state index in [1.54, 1.807) is 13.8 Å². The maximum atomic E-state index is 13.8. The lowest BCUT2D eigenvalue weighted by molar-refractivity contribution is 0.0689. The summed E-state index contributed by atoms with van der Waals surface area (Å²) >= 11 is 3.28. The molecular weight excluding hydrogens is 278 g/mol. The van der Waals surface area contributed by atoms with Crippen LogP contribution in [0.25, 0.3) is 0 Å². The van der Waals surface area contributed by atoms with E-state index in [-0.39, 0.29) is 11.7 Å². The van der Waals surface area contributed by atoms with Crippen molar-refractivity contribution in [2.24, 2.45) is 5.92 Å². The van der Waals surface area contributed by atoms with Crippen molar-refractivity contribution in [1.29, 1.82) is 0 Å². The maximum absolute atomic E-state index is 13.8. The fourth-order valence-electron chi connectivity index (χ4n) is 1.84. The molecule has 0 bridgehead atoms. The summed E-state index contributed by atoms with van der Waals surface area (Å²) in [7, 11) is 0. The molecule has 1 aromatic rings. The van der Waals surface area contributed by atoms with Crippen LogP contribution in [0.4, 0.5) is 8.78 Å². The minimum atomic E-state index is -1.29. The van der Waals surface area contributed by atoms with Gasteiger partial charge in [0.25, 0.3) is 0 Å². The van der Waals surface area contributed by atoms with E-state index in [9.17, 15) is 8.78 Å². The van der Waals surface area contributed by atoms with Gasteiger partial charge in [0.2, 0.25) is 0 Å². The molecule has 0 radical (unpaired) electrons. The first kappa shape index (κ1) is 11.8. The van der Waals surface area contributed by atoms with E-state index in [0.29, 0.717) is 23.2 Å². The molecule has 0 saturated heterocycles. The number of hydrogen-bond donors (Lipinski definition) is 0. The highest BCUT2D eigenvalue weighted by molar-refractivity contribution is 9.10. The van der Waals surface area contributed by atoms with Crippen molar-refractivity contribution in [1.82, 2.24) is 0 Å². The predicted molar refractivity (Wildman–Crippen MR) is 62.0 cm³/mol. The number of rotatable bonds is 1. The van der Waals surface area contributed by atoms with E-state index in [1.807, 2.05) is 0 Å². The molecule has 0 N–H and O–H groups in total. The highest BCUT2D eigenvalue weighted by atomic mass is 79.9. The maximum Gasteiger partial charge on any atom is 0.128 e. The number of fused-ring (bicyclic) bond motifs is 1. The van der Waals surface area contributed by atoms with Gasteiger partial charge in [0, 0.05) is 22.0 Å². The van der Waals surface area contributed by atoms with Crippen molar-refractivity contribution in [3.63, 3.8) is 0 Å². The van der Waals surface area contributed by atoms with Crippen molar-refractivity contribution in [2.45, 2.75) is 25.9 Å². The van der Waals surface area contributed by atoms with Gasteiger partial charge in [0.05, 0.1) is 6.61 Å². The second-order valence-electron chi connectivity index (χ2n) is 4.64. The van der Waals surface area contributed by atoms with Crippen molar-refractivity contribution >= 4 is 15.9 Å². The summed E-state index contributed by atoms with van der Waals surface area (Å²) in [6.07, 6.45) is 0.569. The van der Waals surface area contributed by atoms with Gasteiger partial charge in [-0.1, -0.05) is 15.9 Å². The van der Waals surface area contributed by atoms with E-state index >= 15 is 0 Å². The van der Waals surface area contributed by atoms with Crippen molar-refractivity contribution < 1.29 is 13.5 Å². The Morgan fingerprint density at radius 2 is 2.12 bits per heavy atom. The third-order valence-corrected chi connectivity index (χ3v) is 3.69. The molecule has 1 heterocycles. The SMILES string of the molecule is CC(C)(F)C1COc2cc(F)cc(Br)c2C1. The number of benzene rings is 1. The molecule has 0 saturated carbocycles. The Bertz CT molecular complexity index is 412. The van der Waals surface area contributed by atoms with Crippen LogP contribution in [0, 0.1) is 11.7 Å². The van der Waals surface area contributed by atoms with E-state index in [1.165, 1.54) is 12.1 Å². The van der Waals surface area contributed by atoms with Crippen LogP contribution in [0.15, 0.2) is 16.6 Å². The van der Waals surface area contributed by atoms with Gasteiger partial charge in [-0.25, -0.2) is 8.78 Å². The zero-order valence-corrected chi connectivity index (χ0v) is 10.8. The van der Waals surface area contributed by atoms with Gasteiger partial charge in [-0.2, -0.15) is 0 Å². The molecule has 0 amide bonds. The molecule has 0 aliphatic carbocycles. The predicted octanol–water partition coefficient (Wildman–Crippen LogP) is 3.89. The summed E-state index contributed by atoms with van der Waals surface area (Å²) in [6, 6.07) is 2.73. The summed E-state index contributed by atoms with van der Waals surface area (Å²) in [6.45, 7) is 3.39. The molecule has 16 heavy (non-hydrogen) atoms. The third kappa shape index (κ3) is 2.21.